The monoisotopic (exact) mass is 472 g/mol. The second kappa shape index (κ2) is 9.68. The van der Waals surface area contributed by atoms with Crippen molar-refractivity contribution < 1.29 is 19.2 Å². The number of hydrogen-bond acceptors (Lipinski definition) is 6. The van der Waals surface area contributed by atoms with Gasteiger partial charge in [0.05, 0.1) is 34.8 Å². The lowest BCUT2D eigenvalue weighted by Gasteiger charge is -2.17. The van der Waals surface area contributed by atoms with E-state index in [-0.39, 0.29) is 17.6 Å². The van der Waals surface area contributed by atoms with Crippen molar-refractivity contribution in [1.82, 2.24) is 9.88 Å². The molecule has 0 saturated heterocycles. The molecule has 1 amide bonds. The second-order valence-corrected chi connectivity index (χ2v) is 8.04. The third kappa shape index (κ3) is 4.70. The van der Waals surface area contributed by atoms with Gasteiger partial charge in [-0.15, -0.1) is 0 Å². The molecule has 0 saturated carbocycles. The first-order valence-corrected chi connectivity index (χ1v) is 10.9. The Hall–Kier alpha value is -4.66. The molecule has 0 aliphatic carbocycles. The zero-order valence-corrected chi connectivity index (χ0v) is 19.4. The molecule has 1 aromatic heterocycles. The number of nitro groups is 1. The molecule has 35 heavy (non-hydrogen) atoms. The largest absolute Gasteiger partial charge is 0.465 e. The van der Waals surface area contributed by atoms with Gasteiger partial charge in [-0.05, 0) is 36.8 Å². The summed E-state index contributed by atoms with van der Waals surface area (Å²) in [7, 11) is 3.12. The molecule has 0 fully saturated rings. The quantitative estimate of drug-likeness (QED) is 0.219. The number of aryl methyl sites for hydroxylation is 1. The van der Waals surface area contributed by atoms with Gasteiger partial charge in [0, 0.05) is 30.3 Å². The Bertz CT molecular complexity index is 1430. The minimum Gasteiger partial charge on any atom is -0.465 e. The standard InChI is InChI=1S/C26H24N4O5/c1-16(17-11-13-18(14-12-17)26(32)35-3)27-25(31)24-23(21-9-4-5-10-22(21)29(24)2)28-19-7-6-8-20(15-19)30(33)34/h4-16,28H,1-3H3,(H,27,31)/t16-/m0/s1. The number of amides is 1. The second-order valence-electron chi connectivity index (χ2n) is 8.04. The number of hydrogen-bond donors (Lipinski definition) is 2. The minimum absolute atomic E-state index is 0.0507. The Morgan fingerprint density at radius 3 is 2.43 bits per heavy atom. The van der Waals surface area contributed by atoms with Crippen LogP contribution in [0.1, 0.15) is 39.4 Å². The van der Waals surface area contributed by atoms with Gasteiger partial charge in [-0.1, -0.05) is 36.4 Å². The number of ether oxygens (including phenoxy) is 1. The van der Waals surface area contributed by atoms with Gasteiger partial charge in [0.2, 0.25) is 0 Å². The van der Waals surface area contributed by atoms with E-state index in [0.717, 1.165) is 16.5 Å². The number of carbonyl (C=O) groups excluding carboxylic acids is 2. The van der Waals surface area contributed by atoms with Gasteiger partial charge in [-0.25, -0.2) is 4.79 Å². The van der Waals surface area contributed by atoms with Crippen molar-refractivity contribution in [2.75, 3.05) is 12.4 Å². The zero-order valence-electron chi connectivity index (χ0n) is 19.4. The van der Waals surface area contributed by atoms with Gasteiger partial charge < -0.3 is 19.9 Å². The van der Waals surface area contributed by atoms with E-state index in [1.807, 2.05) is 31.2 Å². The topological polar surface area (TPSA) is 116 Å². The fraction of sp³-hybridized carbons (Fsp3) is 0.154. The molecule has 0 spiro atoms. The number of fused-ring (bicyclic) bond motifs is 1. The van der Waals surface area contributed by atoms with Crippen molar-refractivity contribution >= 4 is 39.8 Å². The molecule has 4 rings (SSSR count). The van der Waals surface area contributed by atoms with Crippen molar-refractivity contribution in [2.45, 2.75) is 13.0 Å². The summed E-state index contributed by atoms with van der Waals surface area (Å²) in [6.07, 6.45) is 0. The van der Waals surface area contributed by atoms with Crippen LogP contribution in [0, 0.1) is 10.1 Å². The highest BCUT2D eigenvalue weighted by Crippen LogP contribution is 2.34. The van der Waals surface area contributed by atoms with E-state index >= 15 is 0 Å². The lowest BCUT2D eigenvalue weighted by Crippen LogP contribution is -2.29. The summed E-state index contributed by atoms with van der Waals surface area (Å²) in [5, 5.41) is 18.2. The number of nitrogens with zero attached hydrogens (tertiary/aromatic N) is 2. The Morgan fingerprint density at radius 2 is 1.74 bits per heavy atom. The number of esters is 1. The molecule has 9 heteroatoms. The van der Waals surface area contributed by atoms with Crippen LogP contribution in [0.2, 0.25) is 0 Å². The van der Waals surface area contributed by atoms with Crippen LogP contribution in [0.5, 0.6) is 0 Å². The third-order valence-corrected chi connectivity index (χ3v) is 5.83. The first-order chi connectivity index (χ1) is 16.8. The predicted octanol–water partition coefficient (Wildman–Crippen LogP) is 5.11. The molecule has 0 aliphatic rings. The summed E-state index contributed by atoms with van der Waals surface area (Å²) in [5.41, 5.74) is 3.46. The van der Waals surface area contributed by atoms with Crippen LogP contribution in [0.3, 0.4) is 0 Å². The fourth-order valence-corrected chi connectivity index (χ4v) is 4.00. The highest BCUT2D eigenvalue weighted by molar-refractivity contribution is 6.09. The number of nitro benzene ring substituents is 1. The van der Waals surface area contributed by atoms with Crippen LogP contribution in [-0.4, -0.2) is 28.5 Å². The van der Waals surface area contributed by atoms with Crippen LogP contribution < -0.4 is 10.6 Å². The highest BCUT2D eigenvalue weighted by atomic mass is 16.6. The number of para-hydroxylation sites is 1. The number of anilines is 2. The maximum absolute atomic E-state index is 13.5. The Balaban J connectivity index is 1.67. The van der Waals surface area contributed by atoms with Gasteiger partial charge in [-0.2, -0.15) is 0 Å². The average molecular weight is 473 g/mol. The Labute approximate surface area is 201 Å². The first-order valence-electron chi connectivity index (χ1n) is 10.9. The molecule has 0 unspecified atom stereocenters. The van der Waals surface area contributed by atoms with Crippen molar-refractivity contribution in [3.05, 3.63) is 99.7 Å². The Morgan fingerprint density at radius 1 is 1.03 bits per heavy atom. The summed E-state index contributed by atoms with van der Waals surface area (Å²) >= 11 is 0. The molecule has 178 valence electrons. The maximum atomic E-state index is 13.5. The number of aromatic nitrogens is 1. The number of carbonyl (C=O) groups is 2. The SMILES string of the molecule is COC(=O)c1ccc([C@H](C)NC(=O)c2c(Nc3cccc([N+](=O)[O-])c3)c3ccccc3n2C)cc1. The maximum Gasteiger partial charge on any atom is 0.337 e. The normalized spacial score (nSPS) is 11.6. The van der Waals surface area contributed by atoms with Crippen LogP contribution >= 0.6 is 0 Å². The molecule has 1 atom stereocenters. The van der Waals surface area contributed by atoms with Crippen molar-refractivity contribution in [1.29, 1.82) is 0 Å². The average Bonchev–Trinajstić information content (AvgIpc) is 3.15. The van der Waals surface area contributed by atoms with E-state index in [2.05, 4.69) is 10.6 Å². The molecule has 9 nitrogen and oxygen atoms in total. The van der Waals surface area contributed by atoms with E-state index in [4.69, 9.17) is 4.74 Å². The third-order valence-electron chi connectivity index (χ3n) is 5.83. The number of methoxy groups -OCH3 is 1. The number of rotatable bonds is 7. The number of benzene rings is 3. The molecule has 0 bridgehead atoms. The van der Waals surface area contributed by atoms with Crippen molar-refractivity contribution in [3.63, 3.8) is 0 Å². The molecule has 1 heterocycles. The van der Waals surface area contributed by atoms with Crippen LogP contribution in [-0.2, 0) is 11.8 Å². The fourth-order valence-electron chi connectivity index (χ4n) is 4.00. The van der Waals surface area contributed by atoms with Gasteiger partial charge in [0.1, 0.15) is 5.69 Å². The van der Waals surface area contributed by atoms with E-state index in [0.29, 0.717) is 22.6 Å². The van der Waals surface area contributed by atoms with Crippen molar-refractivity contribution in [3.8, 4) is 0 Å². The lowest BCUT2D eigenvalue weighted by molar-refractivity contribution is -0.384. The van der Waals surface area contributed by atoms with E-state index in [1.54, 1.807) is 48.0 Å². The minimum atomic E-state index is -0.463. The van der Waals surface area contributed by atoms with Crippen LogP contribution in [0.4, 0.5) is 17.1 Å². The Kier molecular flexibility index (Phi) is 6.50. The molecule has 0 radical (unpaired) electrons. The summed E-state index contributed by atoms with van der Waals surface area (Å²) in [6, 6.07) is 20.2. The van der Waals surface area contributed by atoms with E-state index in [1.165, 1.54) is 19.2 Å². The van der Waals surface area contributed by atoms with Crippen LogP contribution in [0.15, 0.2) is 72.8 Å². The highest BCUT2D eigenvalue weighted by Gasteiger charge is 2.23. The lowest BCUT2D eigenvalue weighted by atomic mass is 10.1. The molecular weight excluding hydrogens is 448 g/mol. The van der Waals surface area contributed by atoms with E-state index < -0.39 is 10.9 Å². The van der Waals surface area contributed by atoms with Gasteiger partial charge >= 0.3 is 5.97 Å². The van der Waals surface area contributed by atoms with Crippen LogP contribution in [0.25, 0.3) is 10.9 Å². The summed E-state index contributed by atoms with van der Waals surface area (Å²) in [4.78, 5) is 35.9. The summed E-state index contributed by atoms with van der Waals surface area (Å²) in [6.45, 7) is 1.85. The number of non-ortho nitro benzene ring substituents is 1. The molecule has 3 aromatic carbocycles. The van der Waals surface area contributed by atoms with Gasteiger partial charge in [-0.3, -0.25) is 14.9 Å². The smallest absolute Gasteiger partial charge is 0.337 e. The first kappa shape index (κ1) is 23.5. The van der Waals surface area contributed by atoms with Gasteiger partial charge in [0.15, 0.2) is 0 Å². The molecular formula is C26H24N4O5. The van der Waals surface area contributed by atoms with Gasteiger partial charge in [0.25, 0.3) is 11.6 Å². The number of nitrogens with one attached hydrogen (secondary N) is 2. The summed E-state index contributed by atoms with van der Waals surface area (Å²) < 4.78 is 6.52. The van der Waals surface area contributed by atoms with E-state index in [9.17, 15) is 19.7 Å². The zero-order chi connectivity index (χ0) is 25.1. The molecule has 4 aromatic rings. The summed E-state index contributed by atoms with van der Waals surface area (Å²) in [5.74, 6) is -0.748. The molecule has 2 N–H and O–H groups in total. The predicted molar refractivity (Wildman–Crippen MR) is 133 cm³/mol. The molecule has 0 aliphatic heterocycles. The van der Waals surface area contributed by atoms with Crippen molar-refractivity contribution in [2.24, 2.45) is 7.05 Å².